The largest absolute Gasteiger partial charge is 0.392 e. The maximum atomic E-state index is 8.56. The van der Waals surface area contributed by atoms with Crippen LogP contribution in [0.1, 0.15) is 39.5 Å². The van der Waals surface area contributed by atoms with Crippen molar-refractivity contribution in [2.75, 3.05) is 12.4 Å². The molecule has 0 aromatic rings. The van der Waals surface area contributed by atoms with Crippen molar-refractivity contribution in [3.8, 4) is 0 Å². The van der Waals surface area contributed by atoms with E-state index in [9.17, 15) is 0 Å². The predicted molar refractivity (Wildman–Crippen MR) is 62.3 cm³/mol. The molecule has 1 N–H and O–H groups in total. The van der Waals surface area contributed by atoms with Crippen LogP contribution >= 0.6 is 11.8 Å². The van der Waals surface area contributed by atoms with Gasteiger partial charge in [-0.15, -0.1) is 0 Å². The molecule has 0 saturated carbocycles. The zero-order valence-electron chi connectivity index (χ0n) is 8.83. The fourth-order valence-corrected chi connectivity index (χ4v) is 2.07. The average Bonchev–Trinajstić information content (AvgIpc) is 2.14. The average molecular weight is 202 g/mol. The van der Waals surface area contributed by atoms with Crippen LogP contribution in [0.2, 0.25) is 0 Å². The lowest BCUT2D eigenvalue weighted by Gasteiger charge is -2.05. The summed E-state index contributed by atoms with van der Waals surface area (Å²) in [6.45, 7) is 4.58. The van der Waals surface area contributed by atoms with Crippen LogP contribution in [0.5, 0.6) is 0 Å². The van der Waals surface area contributed by atoms with Crippen molar-refractivity contribution in [2.24, 2.45) is 0 Å². The van der Waals surface area contributed by atoms with E-state index >= 15 is 0 Å². The normalized spacial score (nSPS) is 13.8. The van der Waals surface area contributed by atoms with E-state index in [-0.39, 0.29) is 6.61 Å². The Bertz CT molecular complexity index is 123. The topological polar surface area (TPSA) is 20.2 Å². The summed E-state index contributed by atoms with van der Waals surface area (Å²) >= 11 is 1.97. The summed E-state index contributed by atoms with van der Waals surface area (Å²) in [5, 5.41) is 9.11. The minimum atomic E-state index is 0.167. The molecule has 0 spiro atoms. The summed E-state index contributed by atoms with van der Waals surface area (Å²) in [7, 11) is 0. The third-order valence-corrected chi connectivity index (χ3v) is 3.10. The molecule has 0 aromatic carbocycles. The molecule has 0 aromatic heterocycles. The molecule has 0 radical (unpaired) electrons. The number of aliphatic hydroxyl groups is 1. The van der Waals surface area contributed by atoms with Gasteiger partial charge in [-0.1, -0.05) is 38.3 Å². The molecule has 1 nitrogen and oxygen atoms in total. The van der Waals surface area contributed by atoms with Crippen molar-refractivity contribution in [1.82, 2.24) is 0 Å². The van der Waals surface area contributed by atoms with Gasteiger partial charge in [-0.2, -0.15) is 11.8 Å². The van der Waals surface area contributed by atoms with Gasteiger partial charge in [0.25, 0.3) is 0 Å². The highest BCUT2D eigenvalue weighted by atomic mass is 32.2. The van der Waals surface area contributed by atoms with Crippen LogP contribution < -0.4 is 0 Å². The second-order valence-corrected chi connectivity index (χ2v) is 4.73. The molecular weight excluding hydrogens is 180 g/mol. The van der Waals surface area contributed by atoms with E-state index in [4.69, 9.17) is 5.11 Å². The van der Waals surface area contributed by atoms with Crippen molar-refractivity contribution in [3.05, 3.63) is 12.2 Å². The first kappa shape index (κ1) is 13.1. The van der Waals surface area contributed by atoms with Gasteiger partial charge in [-0.3, -0.25) is 0 Å². The number of thioether (sulfide) groups is 1. The zero-order chi connectivity index (χ0) is 9.94. The SMILES string of the molecule is CCCCCCS[C@H](C)/C=C/CO. The van der Waals surface area contributed by atoms with Gasteiger partial charge in [-0.05, 0) is 19.1 Å². The molecule has 1 atom stereocenters. The first-order valence-electron chi connectivity index (χ1n) is 5.20. The summed E-state index contributed by atoms with van der Waals surface area (Å²) in [5.41, 5.74) is 0. The molecule has 2 heteroatoms. The number of unbranched alkanes of at least 4 members (excludes halogenated alkanes) is 3. The molecule has 0 aliphatic heterocycles. The number of aliphatic hydroxyl groups excluding tert-OH is 1. The van der Waals surface area contributed by atoms with Crippen LogP contribution in [0.4, 0.5) is 0 Å². The highest BCUT2D eigenvalue weighted by molar-refractivity contribution is 8.00. The van der Waals surface area contributed by atoms with E-state index in [1.165, 1.54) is 31.4 Å². The maximum absolute atomic E-state index is 8.56. The minimum Gasteiger partial charge on any atom is -0.392 e. The summed E-state index contributed by atoms with van der Waals surface area (Å²) in [4.78, 5) is 0. The van der Waals surface area contributed by atoms with Crippen LogP contribution in [0, 0.1) is 0 Å². The molecule has 78 valence electrons. The third-order valence-electron chi connectivity index (χ3n) is 1.89. The zero-order valence-corrected chi connectivity index (χ0v) is 9.65. The summed E-state index contributed by atoms with van der Waals surface area (Å²) in [5.74, 6) is 1.25. The van der Waals surface area contributed by atoms with E-state index < -0.39 is 0 Å². The molecular formula is C11H22OS. The molecule has 0 aliphatic carbocycles. The van der Waals surface area contributed by atoms with Crippen molar-refractivity contribution in [1.29, 1.82) is 0 Å². The Morgan fingerprint density at radius 2 is 2.08 bits per heavy atom. The quantitative estimate of drug-likeness (QED) is 0.481. The lowest BCUT2D eigenvalue weighted by atomic mass is 10.2. The van der Waals surface area contributed by atoms with Crippen molar-refractivity contribution < 1.29 is 5.11 Å². The lowest BCUT2D eigenvalue weighted by Crippen LogP contribution is -1.93. The van der Waals surface area contributed by atoms with Crippen molar-refractivity contribution in [2.45, 2.75) is 44.8 Å². The second-order valence-electron chi connectivity index (χ2n) is 3.25. The molecule has 0 saturated heterocycles. The highest BCUT2D eigenvalue weighted by Gasteiger charge is 1.96. The fourth-order valence-electron chi connectivity index (χ4n) is 1.11. The fraction of sp³-hybridized carbons (Fsp3) is 0.818. The van der Waals surface area contributed by atoms with Gasteiger partial charge >= 0.3 is 0 Å². The number of rotatable bonds is 8. The standard InChI is InChI=1S/C11H22OS/c1-3-4-5-6-10-13-11(2)8-7-9-12/h7-8,11-12H,3-6,9-10H2,1-2H3/b8-7+/t11-/m1/s1. The molecule has 0 aliphatic rings. The molecule has 0 amide bonds. The first-order valence-corrected chi connectivity index (χ1v) is 6.25. The van der Waals surface area contributed by atoms with E-state index in [1.807, 2.05) is 17.8 Å². The van der Waals surface area contributed by atoms with Crippen molar-refractivity contribution >= 4 is 11.8 Å². The second kappa shape index (κ2) is 10.1. The Balaban J connectivity index is 3.16. The molecule has 0 bridgehead atoms. The summed E-state index contributed by atoms with van der Waals surface area (Å²) in [6.07, 6.45) is 9.26. The number of hydrogen-bond donors (Lipinski definition) is 1. The Morgan fingerprint density at radius 3 is 2.69 bits per heavy atom. The number of hydrogen-bond acceptors (Lipinski definition) is 2. The minimum absolute atomic E-state index is 0.167. The Kier molecular flexibility index (Phi) is 10.2. The summed E-state index contributed by atoms with van der Waals surface area (Å²) in [6, 6.07) is 0. The molecule has 0 rings (SSSR count). The Hall–Kier alpha value is 0.0500. The van der Waals surface area contributed by atoms with E-state index in [0.29, 0.717) is 5.25 Å². The van der Waals surface area contributed by atoms with Crippen LogP contribution in [-0.4, -0.2) is 22.7 Å². The molecule has 0 unspecified atom stereocenters. The van der Waals surface area contributed by atoms with Gasteiger partial charge in [0.05, 0.1) is 6.61 Å². The lowest BCUT2D eigenvalue weighted by molar-refractivity contribution is 0.342. The first-order chi connectivity index (χ1) is 6.31. The van der Waals surface area contributed by atoms with Crippen molar-refractivity contribution in [3.63, 3.8) is 0 Å². The van der Waals surface area contributed by atoms with Crippen LogP contribution in [0.15, 0.2) is 12.2 Å². The van der Waals surface area contributed by atoms with Crippen LogP contribution in [-0.2, 0) is 0 Å². The van der Waals surface area contributed by atoms with Gasteiger partial charge in [0.1, 0.15) is 0 Å². The summed E-state index contributed by atoms with van der Waals surface area (Å²) < 4.78 is 0. The van der Waals surface area contributed by atoms with Gasteiger partial charge < -0.3 is 5.11 Å². The third kappa shape index (κ3) is 9.97. The van der Waals surface area contributed by atoms with E-state index in [0.717, 1.165) is 0 Å². The van der Waals surface area contributed by atoms with Crippen LogP contribution in [0.25, 0.3) is 0 Å². The Morgan fingerprint density at radius 1 is 1.31 bits per heavy atom. The Labute approximate surface area is 86.6 Å². The smallest absolute Gasteiger partial charge is 0.0612 e. The van der Waals surface area contributed by atoms with E-state index in [2.05, 4.69) is 19.9 Å². The predicted octanol–water partition coefficient (Wildman–Crippen LogP) is 3.24. The molecule has 13 heavy (non-hydrogen) atoms. The monoisotopic (exact) mass is 202 g/mol. The van der Waals surface area contributed by atoms with Gasteiger partial charge in [0, 0.05) is 5.25 Å². The van der Waals surface area contributed by atoms with Gasteiger partial charge in [0.2, 0.25) is 0 Å². The molecule has 0 fully saturated rings. The van der Waals surface area contributed by atoms with Crippen LogP contribution in [0.3, 0.4) is 0 Å². The maximum Gasteiger partial charge on any atom is 0.0612 e. The van der Waals surface area contributed by atoms with Gasteiger partial charge in [-0.25, -0.2) is 0 Å². The van der Waals surface area contributed by atoms with Gasteiger partial charge in [0.15, 0.2) is 0 Å². The highest BCUT2D eigenvalue weighted by Crippen LogP contribution is 2.14. The van der Waals surface area contributed by atoms with E-state index in [1.54, 1.807) is 0 Å². The molecule has 0 heterocycles.